The van der Waals surface area contributed by atoms with Crippen molar-refractivity contribution in [1.29, 1.82) is 0 Å². The van der Waals surface area contributed by atoms with Crippen molar-refractivity contribution in [1.82, 2.24) is 0 Å². The number of hydrogen-bond donors (Lipinski definition) is 1. The molecule has 0 aliphatic rings. The summed E-state index contributed by atoms with van der Waals surface area (Å²) in [6.07, 6.45) is 7.13. The highest BCUT2D eigenvalue weighted by atomic mass is 16.6. The minimum atomic E-state index is 0.576. The van der Waals surface area contributed by atoms with E-state index in [2.05, 4.69) is 24.8 Å². The van der Waals surface area contributed by atoms with E-state index in [4.69, 9.17) is 5.90 Å². The van der Waals surface area contributed by atoms with E-state index in [0.29, 0.717) is 5.92 Å². The summed E-state index contributed by atoms with van der Waals surface area (Å²) in [6, 6.07) is 0. The maximum absolute atomic E-state index is 4.72. The molecule has 0 aromatic carbocycles. The van der Waals surface area contributed by atoms with E-state index in [9.17, 15) is 0 Å². The SMILES string of the molecule is CC(C)/C=C/C=C\ON. The molecule has 0 aliphatic heterocycles. The zero-order valence-corrected chi connectivity index (χ0v) is 5.87. The van der Waals surface area contributed by atoms with E-state index in [1.54, 1.807) is 6.08 Å². The van der Waals surface area contributed by atoms with E-state index in [-0.39, 0.29) is 0 Å². The van der Waals surface area contributed by atoms with Crippen molar-refractivity contribution in [3.63, 3.8) is 0 Å². The molecule has 0 radical (unpaired) electrons. The molecule has 0 fully saturated rings. The lowest BCUT2D eigenvalue weighted by atomic mass is 10.2. The second-order valence-electron chi connectivity index (χ2n) is 2.09. The highest BCUT2D eigenvalue weighted by Crippen LogP contribution is 1.92. The van der Waals surface area contributed by atoms with Gasteiger partial charge in [-0.25, -0.2) is 0 Å². The van der Waals surface area contributed by atoms with Crippen molar-refractivity contribution in [2.45, 2.75) is 13.8 Å². The Morgan fingerprint density at radius 3 is 2.44 bits per heavy atom. The third-order valence-electron chi connectivity index (χ3n) is 0.764. The Morgan fingerprint density at radius 1 is 1.33 bits per heavy atom. The van der Waals surface area contributed by atoms with E-state index in [0.717, 1.165) is 0 Å². The first kappa shape index (κ1) is 8.24. The summed E-state index contributed by atoms with van der Waals surface area (Å²) in [6.45, 7) is 4.21. The quantitative estimate of drug-likeness (QED) is 0.355. The van der Waals surface area contributed by atoms with Crippen LogP contribution >= 0.6 is 0 Å². The van der Waals surface area contributed by atoms with Crippen LogP contribution in [0.15, 0.2) is 24.5 Å². The van der Waals surface area contributed by atoms with Crippen LogP contribution in [-0.4, -0.2) is 0 Å². The molecule has 0 aromatic heterocycles. The van der Waals surface area contributed by atoms with Crippen LogP contribution in [0.5, 0.6) is 0 Å². The van der Waals surface area contributed by atoms with Gasteiger partial charge in [0.2, 0.25) is 0 Å². The lowest BCUT2D eigenvalue weighted by Crippen LogP contribution is -1.86. The van der Waals surface area contributed by atoms with Crippen LogP contribution in [0.3, 0.4) is 0 Å². The van der Waals surface area contributed by atoms with E-state index in [1.807, 2.05) is 6.08 Å². The molecule has 2 heteroatoms. The van der Waals surface area contributed by atoms with Crippen LogP contribution in [0.4, 0.5) is 0 Å². The summed E-state index contributed by atoms with van der Waals surface area (Å²) in [7, 11) is 0. The third kappa shape index (κ3) is 7.24. The summed E-state index contributed by atoms with van der Waals surface area (Å²) in [5.41, 5.74) is 0. The molecule has 0 rings (SSSR count). The molecule has 0 atom stereocenters. The average molecular weight is 127 g/mol. The maximum Gasteiger partial charge on any atom is 0.110 e. The first-order valence-corrected chi connectivity index (χ1v) is 2.96. The van der Waals surface area contributed by atoms with Gasteiger partial charge in [-0.15, -0.1) is 0 Å². The van der Waals surface area contributed by atoms with Gasteiger partial charge >= 0.3 is 0 Å². The standard InChI is InChI=1S/C7H13NO/c1-7(2)5-3-4-6-9-8/h3-7H,8H2,1-2H3/b5-3+,6-4-. The van der Waals surface area contributed by atoms with E-state index >= 15 is 0 Å². The molecule has 0 saturated heterocycles. The van der Waals surface area contributed by atoms with E-state index in [1.165, 1.54) is 6.26 Å². The fourth-order valence-electron chi connectivity index (χ4n) is 0.377. The molecule has 0 aromatic rings. The molecule has 0 spiro atoms. The first-order valence-electron chi connectivity index (χ1n) is 2.96. The van der Waals surface area contributed by atoms with Gasteiger partial charge in [-0.2, -0.15) is 5.90 Å². The first-order chi connectivity index (χ1) is 4.27. The van der Waals surface area contributed by atoms with Crippen molar-refractivity contribution >= 4 is 0 Å². The lowest BCUT2D eigenvalue weighted by molar-refractivity contribution is 0.261. The van der Waals surface area contributed by atoms with Crippen molar-refractivity contribution in [2.24, 2.45) is 11.8 Å². The molecule has 2 N–H and O–H groups in total. The summed E-state index contributed by atoms with van der Waals surface area (Å²) >= 11 is 0. The smallest absolute Gasteiger partial charge is 0.110 e. The lowest BCUT2D eigenvalue weighted by Gasteiger charge is -1.88. The van der Waals surface area contributed by atoms with Crippen LogP contribution in [0.2, 0.25) is 0 Å². The Hall–Kier alpha value is -0.760. The van der Waals surface area contributed by atoms with Gasteiger partial charge in [0, 0.05) is 0 Å². The number of hydrogen-bond acceptors (Lipinski definition) is 2. The van der Waals surface area contributed by atoms with Gasteiger partial charge in [-0.1, -0.05) is 26.0 Å². The molecule has 0 amide bonds. The Morgan fingerprint density at radius 2 is 2.00 bits per heavy atom. The molecule has 0 unspecified atom stereocenters. The molecule has 0 saturated carbocycles. The van der Waals surface area contributed by atoms with Crippen LogP contribution in [-0.2, 0) is 4.84 Å². The van der Waals surface area contributed by atoms with Crippen molar-refractivity contribution in [2.75, 3.05) is 0 Å². The van der Waals surface area contributed by atoms with Crippen LogP contribution in [0.25, 0.3) is 0 Å². The Balaban J connectivity index is 3.35. The Kier molecular flexibility index (Phi) is 4.92. The summed E-state index contributed by atoms with van der Waals surface area (Å²) < 4.78 is 0. The third-order valence-corrected chi connectivity index (χ3v) is 0.764. The highest BCUT2D eigenvalue weighted by Gasteiger charge is 1.78. The highest BCUT2D eigenvalue weighted by molar-refractivity contribution is 5.00. The fraction of sp³-hybridized carbons (Fsp3) is 0.429. The average Bonchev–Trinajstić information content (AvgIpc) is 1.80. The molecule has 9 heavy (non-hydrogen) atoms. The molecule has 2 nitrogen and oxygen atoms in total. The predicted octanol–water partition coefficient (Wildman–Crippen LogP) is 1.60. The number of allylic oxidation sites excluding steroid dienone is 3. The zero-order chi connectivity index (χ0) is 7.11. The molecule has 0 aliphatic carbocycles. The van der Waals surface area contributed by atoms with Gasteiger partial charge in [0.1, 0.15) is 6.26 Å². The Bertz CT molecular complexity index is 105. The summed E-state index contributed by atoms with van der Waals surface area (Å²) in [5, 5.41) is 0. The normalized spacial score (nSPS) is 12.0. The van der Waals surface area contributed by atoms with Crippen LogP contribution < -0.4 is 5.90 Å². The largest absolute Gasteiger partial charge is 0.419 e. The van der Waals surface area contributed by atoms with Crippen LogP contribution in [0.1, 0.15) is 13.8 Å². The van der Waals surface area contributed by atoms with Gasteiger partial charge in [-0.3, -0.25) is 0 Å². The molecule has 52 valence electrons. The van der Waals surface area contributed by atoms with Gasteiger partial charge in [0.05, 0.1) is 0 Å². The summed E-state index contributed by atoms with van der Waals surface area (Å²) in [5.74, 6) is 5.30. The van der Waals surface area contributed by atoms with Gasteiger partial charge in [-0.05, 0) is 12.0 Å². The second kappa shape index (κ2) is 5.38. The second-order valence-corrected chi connectivity index (χ2v) is 2.09. The van der Waals surface area contributed by atoms with E-state index < -0.39 is 0 Å². The zero-order valence-electron chi connectivity index (χ0n) is 5.87. The van der Waals surface area contributed by atoms with Crippen molar-refractivity contribution in [3.05, 3.63) is 24.5 Å². The summed E-state index contributed by atoms with van der Waals surface area (Å²) in [4.78, 5) is 4.19. The minimum absolute atomic E-state index is 0.576. The molecule has 0 bridgehead atoms. The minimum Gasteiger partial charge on any atom is -0.419 e. The molecular formula is C7H13NO. The van der Waals surface area contributed by atoms with Crippen molar-refractivity contribution < 1.29 is 4.84 Å². The van der Waals surface area contributed by atoms with Crippen LogP contribution in [0, 0.1) is 5.92 Å². The fourth-order valence-corrected chi connectivity index (χ4v) is 0.377. The van der Waals surface area contributed by atoms with Gasteiger partial charge in [0.25, 0.3) is 0 Å². The van der Waals surface area contributed by atoms with Gasteiger partial charge < -0.3 is 4.84 Å². The topological polar surface area (TPSA) is 35.2 Å². The number of nitrogens with two attached hydrogens (primary N) is 1. The molecular weight excluding hydrogens is 114 g/mol. The van der Waals surface area contributed by atoms with Crippen molar-refractivity contribution in [3.8, 4) is 0 Å². The Labute approximate surface area is 56.0 Å². The monoisotopic (exact) mass is 127 g/mol. The van der Waals surface area contributed by atoms with Gasteiger partial charge in [0.15, 0.2) is 0 Å². The number of rotatable bonds is 3. The predicted molar refractivity (Wildman–Crippen MR) is 38.4 cm³/mol. The molecule has 0 heterocycles. The maximum atomic E-state index is 4.72.